The summed E-state index contributed by atoms with van der Waals surface area (Å²) in [5, 5.41) is 8.88. The molecule has 0 atom stereocenters. The maximum Gasteiger partial charge on any atom is 0.250 e. The lowest BCUT2D eigenvalue weighted by Crippen LogP contribution is -2.22. The molecule has 0 saturated carbocycles. The molecule has 0 aliphatic carbocycles. The molecule has 0 aliphatic heterocycles. The molecule has 0 aliphatic rings. The second kappa shape index (κ2) is 5.01. The molecule has 7 heteroatoms. The first-order valence-corrected chi connectivity index (χ1v) is 7.13. The first-order chi connectivity index (χ1) is 8.12. The average Bonchev–Trinajstić information content (AvgIpc) is 2.98. The second-order valence-electron chi connectivity index (χ2n) is 3.28. The molecule has 2 heterocycles. The lowest BCUT2D eigenvalue weighted by Gasteiger charge is -2.02. The lowest BCUT2D eigenvalue weighted by molar-refractivity contribution is 0.285. The van der Waals surface area contributed by atoms with Gasteiger partial charge in [0, 0.05) is 4.88 Å². The molecular weight excluding hydrogens is 262 g/mol. The van der Waals surface area contributed by atoms with Crippen LogP contribution in [0.5, 0.6) is 0 Å². The van der Waals surface area contributed by atoms with E-state index in [0.717, 1.165) is 11.3 Å². The number of hydrogen-bond acceptors (Lipinski definition) is 5. The van der Waals surface area contributed by atoms with Gasteiger partial charge >= 0.3 is 0 Å². The largest absolute Gasteiger partial charge is 0.468 e. The van der Waals surface area contributed by atoms with Crippen LogP contribution in [0.1, 0.15) is 10.6 Å². The summed E-state index contributed by atoms with van der Waals surface area (Å²) < 4.78 is 31.3. The van der Waals surface area contributed by atoms with Crippen LogP contribution < -0.4 is 4.72 Å². The van der Waals surface area contributed by atoms with E-state index in [0.29, 0.717) is 10.6 Å². The van der Waals surface area contributed by atoms with Crippen molar-refractivity contribution in [3.8, 4) is 0 Å². The second-order valence-corrected chi connectivity index (χ2v) is 6.44. The number of sulfonamides is 1. The number of hydrogen-bond donors (Lipinski definition) is 2. The molecule has 2 aromatic heterocycles. The predicted molar refractivity (Wildman–Crippen MR) is 63.0 cm³/mol. The van der Waals surface area contributed by atoms with E-state index in [1.165, 1.54) is 12.3 Å². The highest BCUT2D eigenvalue weighted by Crippen LogP contribution is 2.21. The average molecular weight is 273 g/mol. The molecule has 92 valence electrons. The van der Waals surface area contributed by atoms with E-state index < -0.39 is 10.0 Å². The van der Waals surface area contributed by atoms with Crippen molar-refractivity contribution in [1.82, 2.24) is 4.72 Å². The van der Waals surface area contributed by atoms with Crippen LogP contribution in [0, 0.1) is 0 Å². The fraction of sp³-hybridized carbons (Fsp3) is 0.200. The number of furan rings is 1. The highest BCUT2D eigenvalue weighted by molar-refractivity contribution is 7.91. The zero-order valence-electron chi connectivity index (χ0n) is 8.79. The fourth-order valence-electron chi connectivity index (χ4n) is 1.24. The van der Waals surface area contributed by atoms with Crippen molar-refractivity contribution in [2.45, 2.75) is 17.4 Å². The van der Waals surface area contributed by atoms with Crippen LogP contribution in [0.2, 0.25) is 0 Å². The summed E-state index contributed by atoms with van der Waals surface area (Å²) in [6.07, 6.45) is 1.48. The van der Waals surface area contributed by atoms with Crippen LogP contribution in [-0.4, -0.2) is 13.5 Å². The Labute approximate surface area is 103 Å². The quantitative estimate of drug-likeness (QED) is 0.861. The number of nitrogens with one attached hydrogen (secondary N) is 1. The van der Waals surface area contributed by atoms with Crippen LogP contribution >= 0.6 is 11.3 Å². The topological polar surface area (TPSA) is 79.5 Å². The van der Waals surface area contributed by atoms with Crippen molar-refractivity contribution in [1.29, 1.82) is 0 Å². The van der Waals surface area contributed by atoms with Crippen molar-refractivity contribution in [2.24, 2.45) is 0 Å². The van der Waals surface area contributed by atoms with E-state index in [1.54, 1.807) is 18.2 Å². The lowest BCUT2D eigenvalue weighted by atomic mass is 10.5. The monoisotopic (exact) mass is 273 g/mol. The Hall–Kier alpha value is -1.15. The molecule has 0 saturated heterocycles. The van der Waals surface area contributed by atoms with Gasteiger partial charge in [0.25, 0.3) is 0 Å². The fourth-order valence-corrected chi connectivity index (χ4v) is 3.49. The summed E-state index contributed by atoms with van der Waals surface area (Å²) >= 11 is 1.05. The Morgan fingerprint density at radius 3 is 2.76 bits per heavy atom. The van der Waals surface area contributed by atoms with E-state index in [1.807, 2.05) is 0 Å². The maximum atomic E-state index is 11.8. The molecule has 0 bridgehead atoms. The standard InChI is InChI=1S/C10H11NO4S2/c12-7-9-3-4-10(16-9)17(13,14)11-6-8-2-1-5-15-8/h1-5,11-12H,6-7H2. The van der Waals surface area contributed by atoms with Crippen LogP contribution in [0.15, 0.2) is 39.2 Å². The normalized spacial score (nSPS) is 11.8. The molecule has 0 spiro atoms. The minimum absolute atomic E-state index is 0.113. The molecule has 0 radical (unpaired) electrons. The van der Waals surface area contributed by atoms with Gasteiger partial charge in [-0.1, -0.05) is 0 Å². The van der Waals surface area contributed by atoms with E-state index in [2.05, 4.69) is 4.72 Å². The van der Waals surface area contributed by atoms with Crippen LogP contribution in [0.3, 0.4) is 0 Å². The third-order valence-electron chi connectivity index (χ3n) is 2.07. The molecule has 0 fully saturated rings. The first kappa shape index (κ1) is 12.3. The Kier molecular flexibility index (Phi) is 3.63. The minimum atomic E-state index is -3.53. The number of aliphatic hydroxyl groups excluding tert-OH is 1. The molecule has 2 rings (SSSR count). The maximum absolute atomic E-state index is 11.8. The third-order valence-corrected chi connectivity index (χ3v) is 5.04. The summed E-state index contributed by atoms with van der Waals surface area (Å²) in [7, 11) is -3.53. The summed E-state index contributed by atoms with van der Waals surface area (Å²) in [6, 6.07) is 6.45. The molecule has 2 N–H and O–H groups in total. The van der Waals surface area contributed by atoms with Crippen molar-refractivity contribution in [3.05, 3.63) is 41.2 Å². The van der Waals surface area contributed by atoms with E-state index in [-0.39, 0.29) is 17.4 Å². The molecule has 0 amide bonds. The summed E-state index contributed by atoms with van der Waals surface area (Å²) in [6.45, 7) is -0.0416. The smallest absolute Gasteiger partial charge is 0.250 e. The minimum Gasteiger partial charge on any atom is -0.468 e. The predicted octanol–water partition coefficient (Wildman–Crippen LogP) is 1.31. The van der Waals surface area contributed by atoms with Crippen LogP contribution in [0.25, 0.3) is 0 Å². The molecule has 17 heavy (non-hydrogen) atoms. The van der Waals surface area contributed by atoms with Gasteiger partial charge in [-0.2, -0.15) is 0 Å². The van der Waals surface area contributed by atoms with Crippen LogP contribution in [0.4, 0.5) is 0 Å². The van der Waals surface area contributed by atoms with Crippen molar-refractivity contribution < 1.29 is 17.9 Å². The van der Waals surface area contributed by atoms with Crippen molar-refractivity contribution >= 4 is 21.4 Å². The Bertz CT molecular complexity index is 571. The molecule has 5 nitrogen and oxygen atoms in total. The van der Waals surface area contributed by atoms with Gasteiger partial charge in [-0.3, -0.25) is 0 Å². The summed E-state index contributed by atoms with van der Waals surface area (Å²) in [5.41, 5.74) is 0. The molecule has 0 aromatic carbocycles. The molecule has 0 unspecified atom stereocenters. The summed E-state index contributed by atoms with van der Waals surface area (Å²) in [5.74, 6) is 0.549. The summed E-state index contributed by atoms with van der Waals surface area (Å²) in [4.78, 5) is 0.614. The third kappa shape index (κ3) is 2.95. The molecule has 2 aromatic rings. The van der Waals surface area contributed by atoms with Gasteiger partial charge in [0.1, 0.15) is 9.97 Å². The Balaban J connectivity index is 2.08. The number of thiophene rings is 1. The van der Waals surface area contributed by atoms with Crippen LogP contribution in [-0.2, 0) is 23.2 Å². The SMILES string of the molecule is O=S(=O)(NCc1ccco1)c1ccc(CO)s1. The Morgan fingerprint density at radius 2 is 2.18 bits per heavy atom. The van der Waals surface area contributed by atoms with Gasteiger partial charge in [0.15, 0.2) is 0 Å². The zero-order valence-corrected chi connectivity index (χ0v) is 10.4. The molecular formula is C10H11NO4S2. The number of rotatable bonds is 5. The zero-order chi connectivity index (χ0) is 12.3. The van der Waals surface area contributed by atoms with E-state index in [9.17, 15) is 8.42 Å². The first-order valence-electron chi connectivity index (χ1n) is 4.83. The van der Waals surface area contributed by atoms with Gasteiger partial charge < -0.3 is 9.52 Å². The van der Waals surface area contributed by atoms with Gasteiger partial charge in [-0.05, 0) is 24.3 Å². The number of aliphatic hydroxyl groups is 1. The Morgan fingerprint density at radius 1 is 1.35 bits per heavy atom. The van der Waals surface area contributed by atoms with Gasteiger partial charge in [0.05, 0.1) is 19.4 Å². The van der Waals surface area contributed by atoms with E-state index >= 15 is 0 Å². The highest BCUT2D eigenvalue weighted by Gasteiger charge is 2.16. The van der Waals surface area contributed by atoms with Gasteiger partial charge in [-0.25, -0.2) is 13.1 Å². The van der Waals surface area contributed by atoms with Gasteiger partial charge in [-0.15, -0.1) is 11.3 Å². The highest BCUT2D eigenvalue weighted by atomic mass is 32.2. The van der Waals surface area contributed by atoms with Gasteiger partial charge in [0.2, 0.25) is 10.0 Å². The van der Waals surface area contributed by atoms with Crippen molar-refractivity contribution in [2.75, 3.05) is 0 Å². The van der Waals surface area contributed by atoms with E-state index in [4.69, 9.17) is 9.52 Å². The van der Waals surface area contributed by atoms with Crippen molar-refractivity contribution in [3.63, 3.8) is 0 Å².